The van der Waals surface area contributed by atoms with Gasteiger partial charge in [0, 0.05) is 29.9 Å². The molecular formula is C14H12Cl2N2O3. The van der Waals surface area contributed by atoms with Gasteiger partial charge >= 0.3 is 5.97 Å². The van der Waals surface area contributed by atoms with E-state index < -0.39 is 5.97 Å². The molecule has 21 heavy (non-hydrogen) atoms. The van der Waals surface area contributed by atoms with E-state index in [-0.39, 0.29) is 6.61 Å². The van der Waals surface area contributed by atoms with Crippen LogP contribution in [0.5, 0.6) is 5.75 Å². The lowest BCUT2D eigenvalue weighted by Crippen LogP contribution is -2.00. The average Bonchev–Trinajstić information content (AvgIpc) is 2.80. The number of hydrogen-bond donors (Lipinski definition) is 1. The molecule has 0 bridgehead atoms. The molecule has 0 spiro atoms. The van der Waals surface area contributed by atoms with Gasteiger partial charge in [0.25, 0.3) is 0 Å². The third kappa shape index (κ3) is 4.24. The summed E-state index contributed by atoms with van der Waals surface area (Å²) in [6.45, 7) is 0.218. The Kier molecular flexibility index (Phi) is 4.88. The first-order valence-electron chi connectivity index (χ1n) is 5.97. The summed E-state index contributed by atoms with van der Waals surface area (Å²) in [6.07, 6.45) is 4.18. The third-order valence-corrected chi connectivity index (χ3v) is 3.07. The highest BCUT2D eigenvalue weighted by molar-refractivity contribution is 6.35. The van der Waals surface area contributed by atoms with Crippen LogP contribution in [-0.2, 0) is 18.4 Å². The van der Waals surface area contributed by atoms with Crippen molar-refractivity contribution in [3.05, 3.63) is 51.8 Å². The highest BCUT2D eigenvalue weighted by Gasteiger charge is 2.10. The minimum Gasteiger partial charge on any atom is -0.485 e. The fourth-order valence-electron chi connectivity index (χ4n) is 1.70. The lowest BCUT2D eigenvalue weighted by Gasteiger charge is -2.10. The Balaban J connectivity index is 2.26. The van der Waals surface area contributed by atoms with Crippen LogP contribution in [0.4, 0.5) is 0 Å². The minimum atomic E-state index is -1.07. The SMILES string of the molecule is Cn1ccc(COc2c(Cl)cc(Cl)cc2/C=C/C(=O)O)n1. The summed E-state index contributed by atoms with van der Waals surface area (Å²) in [5, 5.41) is 13.6. The Bertz CT molecular complexity index is 696. The maximum Gasteiger partial charge on any atom is 0.328 e. The van der Waals surface area contributed by atoms with E-state index in [0.717, 1.165) is 11.8 Å². The summed E-state index contributed by atoms with van der Waals surface area (Å²) >= 11 is 12.0. The second-order valence-electron chi connectivity index (χ2n) is 4.25. The Labute approximate surface area is 131 Å². The van der Waals surface area contributed by atoms with Gasteiger partial charge in [-0.2, -0.15) is 5.10 Å². The number of carboxylic acid groups (broad SMARTS) is 1. The van der Waals surface area contributed by atoms with Gasteiger partial charge in [0.15, 0.2) is 0 Å². The molecule has 1 aromatic carbocycles. The number of aromatic nitrogens is 2. The summed E-state index contributed by atoms with van der Waals surface area (Å²) < 4.78 is 7.30. The molecule has 0 unspecified atom stereocenters. The zero-order valence-corrected chi connectivity index (χ0v) is 12.6. The molecule has 7 heteroatoms. The minimum absolute atomic E-state index is 0.218. The molecule has 1 aromatic heterocycles. The van der Waals surface area contributed by atoms with Gasteiger partial charge in [0.2, 0.25) is 0 Å². The van der Waals surface area contributed by atoms with Crippen LogP contribution in [0, 0.1) is 0 Å². The van der Waals surface area contributed by atoms with Gasteiger partial charge in [-0.1, -0.05) is 23.2 Å². The second-order valence-corrected chi connectivity index (χ2v) is 5.09. The van der Waals surface area contributed by atoms with Gasteiger partial charge < -0.3 is 9.84 Å². The van der Waals surface area contributed by atoms with Crippen molar-refractivity contribution < 1.29 is 14.6 Å². The highest BCUT2D eigenvalue weighted by Crippen LogP contribution is 2.33. The van der Waals surface area contributed by atoms with Crippen LogP contribution in [0.2, 0.25) is 10.0 Å². The number of ether oxygens (including phenoxy) is 1. The van der Waals surface area contributed by atoms with E-state index in [1.807, 2.05) is 6.07 Å². The van der Waals surface area contributed by atoms with Crippen LogP contribution in [0.15, 0.2) is 30.5 Å². The van der Waals surface area contributed by atoms with Crippen molar-refractivity contribution in [2.45, 2.75) is 6.61 Å². The number of carbonyl (C=O) groups is 1. The predicted molar refractivity (Wildman–Crippen MR) is 80.7 cm³/mol. The van der Waals surface area contributed by atoms with Crippen LogP contribution in [0.25, 0.3) is 6.08 Å². The molecule has 0 fully saturated rings. The van der Waals surface area contributed by atoms with E-state index >= 15 is 0 Å². The van der Waals surface area contributed by atoms with E-state index in [2.05, 4.69) is 5.10 Å². The van der Waals surface area contributed by atoms with Crippen molar-refractivity contribution in [3.63, 3.8) is 0 Å². The molecule has 0 aliphatic carbocycles. The lowest BCUT2D eigenvalue weighted by atomic mass is 10.2. The molecule has 0 amide bonds. The van der Waals surface area contributed by atoms with Crippen molar-refractivity contribution in [2.24, 2.45) is 7.05 Å². The zero-order valence-electron chi connectivity index (χ0n) is 11.1. The molecular weight excluding hydrogens is 315 g/mol. The molecule has 0 atom stereocenters. The van der Waals surface area contributed by atoms with Crippen LogP contribution in [0.1, 0.15) is 11.3 Å². The number of nitrogens with zero attached hydrogens (tertiary/aromatic N) is 2. The Morgan fingerprint density at radius 1 is 1.48 bits per heavy atom. The summed E-state index contributed by atoms with van der Waals surface area (Å²) in [4.78, 5) is 10.6. The summed E-state index contributed by atoms with van der Waals surface area (Å²) in [6, 6.07) is 4.94. The van der Waals surface area contributed by atoms with Crippen LogP contribution in [-0.4, -0.2) is 20.9 Å². The molecule has 1 N–H and O–H groups in total. The molecule has 0 aliphatic rings. The van der Waals surface area contributed by atoms with Crippen molar-refractivity contribution in [1.29, 1.82) is 0 Å². The van der Waals surface area contributed by atoms with Crippen molar-refractivity contribution in [1.82, 2.24) is 9.78 Å². The van der Waals surface area contributed by atoms with Gasteiger partial charge in [-0.05, 0) is 24.3 Å². The maximum absolute atomic E-state index is 10.6. The van der Waals surface area contributed by atoms with E-state index in [1.165, 1.54) is 12.1 Å². The van der Waals surface area contributed by atoms with E-state index in [9.17, 15) is 4.79 Å². The summed E-state index contributed by atoms with van der Waals surface area (Å²) in [5.41, 5.74) is 1.22. The molecule has 110 valence electrons. The standard InChI is InChI=1S/C14H12Cl2N2O3/c1-18-5-4-11(17-18)8-21-14-9(2-3-13(19)20)6-10(15)7-12(14)16/h2-7H,8H2,1H3,(H,19,20)/b3-2+. The normalized spacial score (nSPS) is 11.0. The zero-order chi connectivity index (χ0) is 15.4. The van der Waals surface area contributed by atoms with Crippen LogP contribution in [0.3, 0.4) is 0 Å². The largest absolute Gasteiger partial charge is 0.485 e. The molecule has 0 radical (unpaired) electrons. The summed E-state index contributed by atoms with van der Waals surface area (Å²) in [7, 11) is 1.81. The topological polar surface area (TPSA) is 64.3 Å². The average molecular weight is 327 g/mol. The fourth-order valence-corrected chi connectivity index (χ4v) is 2.27. The number of rotatable bonds is 5. The molecule has 1 heterocycles. The molecule has 2 aromatic rings. The Hall–Kier alpha value is -1.98. The lowest BCUT2D eigenvalue weighted by molar-refractivity contribution is -0.131. The third-order valence-electron chi connectivity index (χ3n) is 2.58. The number of halogens is 2. The first-order valence-corrected chi connectivity index (χ1v) is 6.72. The monoisotopic (exact) mass is 326 g/mol. The van der Waals surface area contributed by atoms with E-state index in [4.69, 9.17) is 33.0 Å². The summed E-state index contributed by atoms with van der Waals surface area (Å²) in [5.74, 6) is -0.703. The molecule has 0 saturated carbocycles. The van der Waals surface area contributed by atoms with Gasteiger partial charge in [-0.3, -0.25) is 4.68 Å². The molecule has 5 nitrogen and oxygen atoms in total. The smallest absolute Gasteiger partial charge is 0.328 e. The van der Waals surface area contributed by atoms with Gasteiger partial charge in [0.1, 0.15) is 12.4 Å². The molecule has 0 aliphatic heterocycles. The van der Waals surface area contributed by atoms with Crippen molar-refractivity contribution >= 4 is 35.2 Å². The van der Waals surface area contributed by atoms with Crippen molar-refractivity contribution in [2.75, 3.05) is 0 Å². The number of benzene rings is 1. The first kappa shape index (κ1) is 15.4. The van der Waals surface area contributed by atoms with Gasteiger partial charge in [-0.25, -0.2) is 4.79 Å². The van der Waals surface area contributed by atoms with Crippen molar-refractivity contribution in [3.8, 4) is 5.75 Å². The van der Waals surface area contributed by atoms with Gasteiger partial charge in [0.05, 0.1) is 10.7 Å². The quantitative estimate of drug-likeness (QED) is 0.855. The predicted octanol–water partition coefficient (Wildman–Crippen LogP) is 3.40. The first-order chi connectivity index (χ1) is 9.95. The maximum atomic E-state index is 10.6. The Morgan fingerprint density at radius 3 is 2.86 bits per heavy atom. The number of hydrogen-bond acceptors (Lipinski definition) is 3. The fraction of sp³-hybridized carbons (Fsp3) is 0.143. The van der Waals surface area contributed by atoms with E-state index in [0.29, 0.717) is 21.4 Å². The molecule has 0 saturated heterocycles. The van der Waals surface area contributed by atoms with Gasteiger partial charge in [-0.15, -0.1) is 0 Å². The van der Waals surface area contributed by atoms with Crippen LogP contribution < -0.4 is 4.74 Å². The second kappa shape index (κ2) is 6.65. The van der Waals surface area contributed by atoms with Crippen LogP contribution >= 0.6 is 23.2 Å². The number of aryl methyl sites for hydroxylation is 1. The van der Waals surface area contributed by atoms with E-state index in [1.54, 1.807) is 24.0 Å². The highest BCUT2D eigenvalue weighted by atomic mass is 35.5. The molecule has 2 rings (SSSR count). The number of aliphatic carboxylic acids is 1. The number of carboxylic acids is 1. The Morgan fingerprint density at radius 2 is 2.24 bits per heavy atom.